The van der Waals surface area contributed by atoms with Gasteiger partial charge in [0, 0.05) is 16.4 Å². The lowest BCUT2D eigenvalue weighted by atomic mass is 10.0. The maximum Gasteiger partial charge on any atom is 0.247 e. The zero-order valence-electron chi connectivity index (χ0n) is 11.6. The molecule has 1 atom stereocenters. The Kier molecular flexibility index (Phi) is 3.89. The second-order valence-electron chi connectivity index (χ2n) is 4.72. The van der Waals surface area contributed by atoms with Gasteiger partial charge >= 0.3 is 0 Å². The number of hydrogen-bond donors (Lipinski definition) is 2. The van der Waals surface area contributed by atoms with Crippen molar-refractivity contribution in [2.24, 2.45) is 15.9 Å². The van der Waals surface area contributed by atoms with Gasteiger partial charge < -0.3 is 10.6 Å². The van der Waals surface area contributed by atoms with Crippen LogP contribution in [-0.2, 0) is 4.79 Å². The molecular formula is C16H13ClN4O. The summed E-state index contributed by atoms with van der Waals surface area (Å²) in [7, 11) is 0. The summed E-state index contributed by atoms with van der Waals surface area (Å²) in [5, 5.41) is 6.46. The van der Waals surface area contributed by atoms with Gasteiger partial charge in [-0.3, -0.25) is 4.79 Å². The predicted molar refractivity (Wildman–Crippen MR) is 88.2 cm³/mol. The Labute approximate surface area is 132 Å². The van der Waals surface area contributed by atoms with Crippen LogP contribution in [0.4, 0.5) is 5.69 Å². The van der Waals surface area contributed by atoms with Crippen LogP contribution in [0.1, 0.15) is 0 Å². The summed E-state index contributed by atoms with van der Waals surface area (Å²) in [5.41, 5.74) is 2.34. The first-order valence-electron chi connectivity index (χ1n) is 6.66. The molecular weight excluding hydrogens is 300 g/mol. The van der Waals surface area contributed by atoms with Crippen LogP contribution < -0.4 is 10.6 Å². The SMILES string of the molecule is C=CC(=O)NC1=CC=C2NC=NC(=Nc3cccc(Cl)c3)C21. The summed E-state index contributed by atoms with van der Waals surface area (Å²) in [6, 6.07) is 7.22. The van der Waals surface area contributed by atoms with Crippen molar-refractivity contribution in [3.8, 4) is 0 Å². The maximum atomic E-state index is 11.5. The molecule has 110 valence electrons. The van der Waals surface area contributed by atoms with Gasteiger partial charge in [-0.15, -0.1) is 0 Å². The number of carbonyl (C=O) groups excluding carboxylic acids is 1. The largest absolute Gasteiger partial charge is 0.349 e. The van der Waals surface area contributed by atoms with Gasteiger partial charge in [-0.2, -0.15) is 0 Å². The fourth-order valence-corrected chi connectivity index (χ4v) is 2.46. The smallest absolute Gasteiger partial charge is 0.247 e. The monoisotopic (exact) mass is 312 g/mol. The highest BCUT2D eigenvalue weighted by molar-refractivity contribution is 6.30. The van der Waals surface area contributed by atoms with E-state index in [4.69, 9.17) is 11.6 Å². The van der Waals surface area contributed by atoms with Crippen molar-refractivity contribution in [1.82, 2.24) is 10.6 Å². The Hall–Kier alpha value is -2.66. The van der Waals surface area contributed by atoms with Crippen molar-refractivity contribution >= 4 is 35.4 Å². The second-order valence-corrected chi connectivity index (χ2v) is 5.16. The van der Waals surface area contributed by atoms with Gasteiger partial charge in [0.1, 0.15) is 5.84 Å². The normalized spacial score (nSPS) is 20.8. The Morgan fingerprint density at radius 3 is 3.09 bits per heavy atom. The van der Waals surface area contributed by atoms with Crippen molar-refractivity contribution in [3.05, 3.63) is 65.5 Å². The predicted octanol–water partition coefficient (Wildman–Crippen LogP) is 2.70. The summed E-state index contributed by atoms with van der Waals surface area (Å²) < 4.78 is 0. The maximum absolute atomic E-state index is 11.5. The highest BCUT2D eigenvalue weighted by Crippen LogP contribution is 2.29. The third-order valence-corrected chi connectivity index (χ3v) is 3.49. The molecule has 5 nitrogen and oxygen atoms in total. The number of halogens is 1. The molecule has 3 rings (SSSR count). The standard InChI is InChI=1S/C16H13ClN4O/c1-2-14(22)21-13-7-6-12-15(13)16(19-9-18-12)20-11-5-3-4-10(17)8-11/h2-9,15H,1H2,(H,21,22)(H,18,19,20). The molecule has 0 fully saturated rings. The van der Waals surface area contributed by atoms with Crippen LogP contribution in [0, 0.1) is 5.92 Å². The summed E-state index contributed by atoms with van der Waals surface area (Å²) in [4.78, 5) is 20.4. The summed E-state index contributed by atoms with van der Waals surface area (Å²) in [5.74, 6) is 0.0887. The Balaban J connectivity index is 1.93. The molecule has 2 aliphatic rings. The minimum Gasteiger partial charge on any atom is -0.349 e. The van der Waals surface area contributed by atoms with Crippen LogP contribution in [0.3, 0.4) is 0 Å². The first-order chi connectivity index (χ1) is 10.7. The van der Waals surface area contributed by atoms with Gasteiger partial charge in [-0.1, -0.05) is 24.2 Å². The number of fused-ring (bicyclic) bond motifs is 1. The van der Waals surface area contributed by atoms with E-state index in [1.54, 1.807) is 18.5 Å². The number of amides is 1. The third-order valence-electron chi connectivity index (χ3n) is 3.26. The van der Waals surface area contributed by atoms with Crippen molar-refractivity contribution in [1.29, 1.82) is 0 Å². The van der Waals surface area contributed by atoms with Crippen molar-refractivity contribution < 1.29 is 4.79 Å². The average Bonchev–Trinajstić information content (AvgIpc) is 2.91. The number of carbonyl (C=O) groups is 1. The molecule has 1 unspecified atom stereocenters. The van der Waals surface area contributed by atoms with Crippen LogP contribution >= 0.6 is 11.6 Å². The Morgan fingerprint density at radius 2 is 2.32 bits per heavy atom. The zero-order valence-corrected chi connectivity index (χ0v) is 12.3. The topological polar surface area (TPSA) is 65.8 Å². The molecule has 22 heavy (non-hydrogen) atoms. The van der Waals surface area contributed by atoms with Gasteiger partial charge in [0.25, 0.3) is 0 Å². The van der Waals surface area contributed by atoms with Gasteiger partial charge in [0.2, 0.25) is 5.91 Å². The molecule has 0 radical (unpaired) electrons. The molecule has 1 aromatic rings. The number of benzene rings is 1. The molecule has 1 aromatic carbocycles. The van der Waals surface area contributed by atoms with E-state index < -0.39 is 0 Å². The van der Waals surface area contributed by atoms with E-state index in [1.165, 1.54) is 6.08 Å². The number of nitrogens with one attached hydrogen (secondary N) is 2. The molecule has 0 spiro atoms. The van der Waals surface area contributed by atoms with E-state index in [2.05, 4.69) is 27.2 Å². The van der Waals surface area contributed by atoms with Gasteiger partial charge in [-0.25, -0.2) is 9.98 Å². The summed E-state index contributed by atoms with van der Waals surface area (Å²) >= 11 is 5.98. The number of allylic oxidation sites excluding steroid dienone is 2. The molecule has 1 aliphatic heterocycles. The number of aliphatic imine (C=N–C) groups is 2. The fraction of sp³-hybridized carbons (Fsp3) is 0.0625. The molecule has 1 heterocycles. The quantitative estimate of drug-likeness (QED) is 0.843. The molecule has 0 bridgehead atoms. The number of rotatable bonds is 3. The lowest BCUT2D eigenvalue weighted by Crippen LogP contribution is -2.35. The highest BCUT2D eigenvalue weighted by atomic mass is 35.5. The second kappa shape index (κ2) is 5.99. The van der Waals surface area contributed by atoms with E-state index in [0.29, 0.717) is 22.2 Å². The van der Waals surface area contributed by atoms with E-state index in [9.17, 15) is 4.79 Å². The van der Waals surface area contributed by atoms with Crippen LogP contribution in [0.25, 0.3) is 0 Å². The highest BCUT2D eigenvalue weighted by Gasteiger charge is 2.31. The van der Waals surface area contributed by atoms with E-state index in [1.807, 2.05) is 24.3 Å². The van der Waals surface area contributed by atoms with Gasteiger partial charge in [0.15, 0.2) is 0 Å². The zero-order chi connectivity index (χ0) is 15.5. The molecule has 6 heteroatoms. The van der Waals surface area contributed by atoms with Crippen LogP contribution in [0.2, 0.25) is 5.02 Å². The number of amidine groups is 1. The molecule has 0 saturated carbocycles. The first-order valence-corrected chi connectivity index (χ1v) is 7.03. The third kappa shape index (κ3) is 2.84. The Bertz CT molecular complexity index is 761. The molecule has 0 aromatic heterocycles. The van der Waals surface area contributed by atoms with Gasteiger partial charge in [-0.05, 0) is 36.4 Å². The number of nitrogens with zero attached hydrogens (tertiary/aromatic N) is 2. The van der Waals surface area contributed by atoms with Crippen molar-refractivity contribution in [2.75, 3.05) is 0 Å². The molecule has 1 amide bonds. The van der Waals surface area contributed by atoms with Crippen molar-refractivity contribution in [2.45, 2.75) is 0 Å². The minimum absolute atomic E-state index is 0.229. The van der Waals surface area contributed by atoms with E-state index in [-0.39, 0.29) is 11.8 Å². The van der Waals surface area contributed by atoms with Crippen molar-refractivity contribution in [3.63, 3.8) is 0 Å². The summed E-state index contributed by atoms with van der Waals surface area (Å²) in [6.07, 6.45) is 6.53. The van der Waals surface area contributed by atoms with E-state index >= 15 is 0 Å². The first kappa shape index (κ1) is 14.3. The number of hydrogen-bond acceptors (Lipinski definition) is 3. The Morgan fingerprint density at radius 1 is 1.45 bits per heavy atom. The average molecular weight is 313 g/mol. The summed E-state index contributed by atoms with van der Waals surface area (Å²) in [6.45, 7) is 3.46. The fourth-order valence-electron chi connectivity index (χ4n) is 2.28. The van der Waals surface area contributed by atoms with Crippen LogP contribution in [0.5, 0.6) is 0 Å². The van der Waals surface area contributed by atoms with E-state index in [0.717, 1.165) is 5.70 Å². The minimum atomic E-state index is -0.266. The molecule has 2 N–H and O–H groups in total. The lowest BCUT2D eigenvalue weighted by molar-refractivity contribution is -0.115. The molecule has 1 aliphatic carbocycles. The van der Waals surface area contributed by atoms with Gasteiger partial charge in [0.05, 0.1) is 17.9 Å². The van der Waals surface area contributed by atoms with Crippen LogP contribution in [-0.4, -0.2) is 18.1 Å². The van der Waals surface area contributed by atoms with Crippen LogP contribution in [0.15, 0.2) is 70.5 Å². The lowest BCUT2D eigenvalue weighted by Gasteiger charge is -2.22. The molecule has 0 saturated heterocycles.